The molecule has 0 aliphatic heterocycles. The summed E-state index contributed by atoms with van der Waals surface area (Å²) in [5, 5.41) is 0.987. The van der Waals surface area contributed by atoms with Crippen LogP contribution in [0.4, 0.5) is 0 Å². The fourth-order valence-electron chi connectivity index (χ4n) is 6.24. The lowest BCUT2D eigenvalue weighted by Crippen LogP contribution is -2.37. The van der Waals surface area contributed by atoms with Gasteiger partial charge in [0.2, 0.25) is 11.6 Å². The van der Waals surface area contributed by atoms with E-state index in [1.807, 2.05) is 76.2 Å². The van der Waals surface area contributed by atoms with Crippen LogP contribution in [0.1, 0.15) is 85.0 Å². The Bertz CT molecular complexity index is 2510. The highest BCUT2D eigenvalue weighted by Gasteiger charge is 2.23. The molecule has 0 spiro atoms. The molecule has 0 fully saturated rings. The quantitative estimate of drug-likeness (QED) is 0.189. The van der Waals surface area contributed by atoms with Crippen molar-refractivity contribution in [2.75, 3.05) is 0 Å². The second kappa shape index (κ2) is 15.1. The predicted octanol–water partition coefficient (Wildman–Crippen LogP) is 5.02. The SMILES string of the molecule is CCc1c(C(=O)c2cc(C)cc(C)c2)[nH]c(=O)[nH]c1=O.CCc1c(C(=O)c2cc(C)cc(C)c2)n(Cc2ccc3ccccc3n2)c(=O)[nH]c1=O. The lowest BCUT2D eigenvalue weighted by Gasteiger charge is -2.15. The molecule has 6 aromatic rings. The van der Waals surface area contributed by atoms with Gasteiger partial charge in [-0.15, -0.1) is 0 Å². The van der Waals surface area contributed by atoms with Crippen molar-refractivity contribution in [3.63, 3.8) is 0 Å². The number of nitrogens with zero attached hydrogens (tertiary/aromatic N) is 2. The Labute approximate surface area is 293 Å². The normalized spacial score (nSPS) is 10.9. The molecule has 0 aliphatic rings. The number of carbonyl (C=O) groups is 2. The van der Waals surface area contributed by atoms with Crippen LogP contribution in [0.2, 0.25) is 0 Å². The number of carbonyl (C=O) groups excluding carboxylic acids is 2. The number of hydrogen-bond acceptors (Lipinski definition) is 7. The molecular weight excluding hydrogens is 646 g/mol. The molecule has 51 heavy (non-hydrogen) atoms. The number of ketones is 2. The molecule has 0 aliphatic carbocycles. The van der Waals surface area contributed by atoms with Crippen LogP contribution >= 0.6 is 0 Å². The number of aromatic nitrogens is 5. The zero-order valence-electron chi connectivity index (χ0n) is 29.4. The van der Waals surface area contributed by atoms with Gasteiger partial charge in [0, 0.05) is 27.6 Å². The van der Waals surface area contributed by atoms with E-state index in [2.05, 4.69) is 19.9 Å². The molecule has 3 N–H and O–H groups in total. The average molecular weight is 686 g/mol. The van der Waals surface area contributed by atoms with Crippen LogP contribution in [0.5, 0.6) is 0 Å². The molecule has 3 aromatic carbocycles. The van der Waals surface area contributed by atoms with Crippen LogP contribution in [-0.4, -0.2) is 36.1 Å². The van der Waals surface area contributed by atoms with Gasteiger partial charge in [0.15, 0.2) is 0 Å². The van der Waals surface area contributed by atoms with Gasteiger partial charge in [-0.3, -0.25) is 38.7 Å². The zero-order valence-corrected chi connectivity index (χ0v) is 29.4. The fourth-order valence-corrected chi connectivity index (χ4v) is 6.24. The van der Waals surface area contributed by atoms with Gasteiger partial charge in [-0.1, -0.05) is 72.5 Å². The smallest absolute Gasteiger partial charge is 0.304 e. The van der Waals surface area contributed by atoms with Gasteiger partial charge in [-0.05, 0) is 76.9 Å². The lowest BCUT2D eigenvalue weighted by molar-refractivity contribution is 0.102. The van der Waals surface area contributed by atoms with Gasteiger partial charge in [-0.25, -0.2) is 9.59 Å². The van der Waals surface area contributed by atoms with E-state index in [0.29, 0.717) is 40.8 Å². The Morgan fingerprint density at radius 1 is 0.647 bits per heavy atom. The van der Waals surface area contributed by atoms with Crippen LogP contribution in [0.25, 0.3) is 10.9 Å². The number of aromatic amines is 3. The van der Waals surface area contributed by atoms with E-state index >= 15 is 0 Å². The van der Waals surface area contributed by atoms with Gasteiger partial charge >= 0.3 is 11.4 Å². The number of benzene rings is 3. The molecule has 11 nitrogen and oxygen atoms in total. The van der Waals surface area contributed by atoms with Gasteiger partial charge in [0.25, 0.3) is 11.1 Å². The van der Waals surface area contributed by atoms with E-state index in [0.717, 1.165) is 33.2 Å². The summed E-state index contributed by atoms with van der Waals surface area (Å²) in [6, 6.07) is 22.4. The molecule has 260 valence electrons. The van der Waals surface area contributed by atoms with E-state index < -0.39 is 22.5 Å². The maximum Gasteiger partial charge on any atom is 0.329 e. The first kappa shape index (κ1) is 36.1. The number of hydrogen-bond donors (Lipinski definition) is 3. The number of para-hydroxylation sites is 1. The molecule has 6 rings (SSSR count). The van der Waals surface area contributed by atoms with Gasteiger partial charge in [-0.2, -0.15) is 0 Å². The monoisotopic (exact) mass is 685 g/mol. The Morgan fingerprint density at radius 2 is 1.20 bits per heavy atom. The molecule has 0 radical (unpaired) electrons. The number of pyridine rings is 1. The van der Waals surface area contributed by atoms with E-state index in [4.69, 9.17) is 0 Å². The van der Waals surface area contributed by atoms with Crippen molar-refractivity contribution in [1.29, 1.82) is 0 Å². The summed E-state index contributed by atoms with van der Waals surface area (Å²) in [5.74, 6) is -0.676. The fraction of sp³-hybridized carbons (Fsp3) is 0.225. The largest absolute Gasteiger partial charge is 0.329 e. The number of H-pyrrole nitrogens is 3. The number of fused-ring (bicyclic) bond motifs is 1. The summed E-state index contributed by atoms with van der Waals surface area (Å²) in [4.78, 5) is 86.0. The summed E-state index contributed by atoms with van der Waals surface area (Å²) >= 11 is 0. The number of nitrogens with one attached hydrogen (secondary N) is 3. The second-order valence-corrected chi connectivity index (χ2v) is 12.5. The van der Waals surface area contributed by atoms with Crippen molar-refractivity contribution >= 4 is 22.5 Å². The summed E-state index contributed by atoms with van der Waals surface area (Å²) < 4.78 is 1.33. The van der Waals surface area contributed by atoms with Crippen LogP contribution < -0.4 is 22.5 Å². The van der Waals surface area contributed by atoms with Crippen molar-refractivity contribution in [2.45, 2.75) is 60.9 Å². The highest BCUT2D eigenvalue weighted by molar-refractivity contribution is 6.09. The standard InChI is InChI=1S/C25H23N3O3.C15H16N2O3/c1-4-20-22(23(29)18-12-15(2)11-16(3)13-18)28(25(31)27-24(20)30)14-19-10-9-17-7-5-6-8-21(17)26-19;1-4-11-12(16-15(20)17-14(11)19)13(18)10-6-8(2)5-9(3)7-10/h5-13H,4,14H2,1-3H3,(H,27,30,31);5-7H,4H2,1-3H3,(H2,16,17,19,20). The van der Waals surface area contributed by atoms with Crippen molar-refractivity contribution in [3.8, 4) is 0 Å². The lowest BCUT2D eigenvalue weighted by atomic mass is 9.99. The molecular formula is C40H39N5O6. The van der Waals surface area contributed by atoms with E-state index in [9.17, 15) is 28.8 Å². The van der Waals surface area contributed by atoms with Crippen molar-refractivity contribution in [2.24, 2.45) is 0 Å². The van der Waals surface area contributed by atoms with Crippen molar-refractivity contribution in [1.82, 2.24) is 24.5 Å². The Balaban J connectivity index is 0.000000218. The maximum absolute atomic E-state index is 13.5. The van der Waals surface area contributed by atoms with Crippen molar-refractivity contribution in [3.05, 3.63) is 176 Å². The minimum atomic E-state index is -0.667. The second-order valence-electron chi connectivity index (χ2n) is 12.5. The Hall–Kier alpha value is -6.23. The summed E-state index contributed by atoms with van der Waals surface area (Å²) in [5.41, 5.74) is 4.62. The third kappa shape index (κ3) is 7.99. The molecule has 0 saturated heterocycles. The first-order valence-corrected chi connectivity index (χ1v) is 16.6. The van der Waals surface area contributed by atoms with Gasteiger partial charge in [0.1, 0.15) is 5.69 Å². The summed E-state index contributed by atoms with van der Waals surface area (Å²) in [6.07, 6.45) is 0.699. The highest BCUT2D eigenvalue weighted by Crippen LogP contribution is 2.18. The number of aryl methyl sites for hydroxylation is 4. The van der Waals surface area contributed by atoms with Crippen LogP contribution in [-0.2, 0) is 19.4 Å². The maximum atomic E-state index is 13.5. The molecule has 0 saturated carbocycles. The summed E-state index contributed by atoms with van der Waals surface area (Å²) in [7, 11) is 0. The van der Waals surface area contributed by atoms with Crippen LogP contribution in [0, 0.1) is 27.7 Å². The van der Waals surface area contributed by atoms with E-state index in [-0.39, 0.29) is 29.5 Å². The third-order valence-electron chi connectivity index (χ3n) is 8.43. The van der Waals surface area contributed by atoms with Gasteiger partial charge in [0.05, 0.1) is 23.4 Å². The first-order chi connectivity index (χ1) is 24.3. The third-order valence-corrected chi connectivity index (χ3v) is 8.43. The van der Waals surface area contributed by atoms with E-state index in [1.165, 1.54) is 4.57 Å². The topological polar surface area (TPSA) is 168 Å². The molecule has 0 amide bonds. The van der Waals surface area contributed by atoms with Crippen molar-refractivity contribution < 1.29 is 9.59 Å². The minimum Gasteiger partial charge on any atom is -0.304 e. The molecule has 0 atom stereocenters. The molecule has 0 unspecified atom stereocenters. The van der Waals surface area contributed by atoms with Crippen LogP contribution in [0.15, 0.2) is 92.0 Å². The van der Waals surface area contributed by atoms with E-state index in [1.54, 1.807) is 38.1 Å². The Kier molecular flexibility index (Phi) is 10.7. The number of rotatable bonds is 8. The molecule has 3 heterocycles. The first-order valence-electron chi connectivity index (χ1n) is 16.6. The van der Waals surface area contributed by atoms with Crippen LogP contribution in [0.3, 0.4) is 0 Å². The zero-order chi connectivity index (χ0) is 37.0. The molecule has 3 aromatic heterocycles. The Morgan fingerprint density at radius 3 is 1.78 bits per heavy atom. The minimum absolute atomic E-state index is 0.0752. The predicted molar refractivity (Wildman–Crippen MR) is 197 cm³/mol. The highest BCUT2D eigenvalue weighted by atomic mass is 16.2. The van der Waals surface area contributed by atoms with Gasteiger partial charge < -0.3 is 4.98 Å². The molecule has 11 heteroatoms. The summed E-state index contributed by atoms with van der Waals surface area (Å²) in [6.45, 7) is 11.3. The molecule has 0 bridgehead atoms. The average Bonchev–Trinajstić information content (AvgIpc) is 3.07.